The lowest BCUT2D eigenvalue weighted by Crippen LogP contribution is -2.40. The second kappa shape index (κ2) is 9.30. The lowest BCUT2D eigenvalue weighted by Gasteiger charge is -2.23. The zero-order chi connectivity index (χ0) is 21.7. The minimum atomic E-state index is -4.60. The van der Waals surface area contributed by atoms with E-state index in [4.69, 9.17) is 4.74 Å². The predicted octanol–water partition coefficient (Wildman–Crippen LogP) is 3.92. The number of methoxy groups -OCH3 is 1. The van der Waals surface area contributed by atoms with E-state index in [0.717, 1.165) is 30.9 Å². The molecule has 2 amide bonds. The number of rotatable bonds is 7. The molecule has 0 radical (unpaired) electrons. The summed E-state index contributed by atoms with van der Waals surface area (Å²) in [7, 11) is 1.47. The molecular weight excluding hydrogens is 397 g/mol. The third-order valence-electron chi connectivity index (χ3n) is 5.04. The maximum absolute atomic E-state index is 13.2. The molecule has 160 valence electrons. The lowest BCUT2D eigenvalue weighted by molar-refractivity contribution is -0.137. The van der Waals surface area contributed by atoms with Crippen molar-refractivity contribution in [2.75, 3.05) is 32.1 Å². The first-order chi connectivity index (χ1) is 14.3. The number of anilines is 1. The number of nitrogens with zero attached hydrogens (tertiary/aromatic N) is 1. The van der Waals surface area contributed by atoms with E-state index in [2.05, 4.69) is 5.32 Å². The van der Waals surface area contributed by atoms with Crippen molar-refractivity contribution in [1.82, 2.24) is 4.90 Å². The molecule has 0 saturated heterocycles. The van der Waals surface area contributed by atoms with E-state index in [1.807, 2.05) is 12.1 Å². The number of hydrogen-bond acceptors (Lipinski definition) is 3. The number of benzene rings is 2. The monoisotopic (exact) mass is 420 g/mol. The fourth-order valence-corrected chi connectivity index (χ4v) is 3.54. The third kappa shape index (κ3) is 5.18. The topological polar surface area (TPSA) is 58.6 Å². The fourth-order valence-electron chi connectivity index (χ4n) is 3.54. The highest BCUT2D eigenvalue weighted by Crippen LogP contribution is 2.34. The van der Waals surface area contributed by atoms with Crippen molar-refractivity contribution in [2.45, 2.75) is 25.4 Å². The van der Waals surface area contributed by atoms with Gasteiger partial charge in [-0.2, -0.15) is 13.2 Å². The van der Waals surface area contributed by atoms with E-state index < -0.39 is 17.6 Å². The Morgan fingerprint density at radius 2 is 1.83 bits per heavy atom. The second-order valence-electron chi connectivity index (χ2n) is 7.15. The number of carbonyl (C=O) groups is 2. The van der Waals surface area contributed by atoms with Gasteiger partial charge in [-0.1, -0.05) is 18.2 Å². The second-order valence-corrected chi connectivity index (χ2v) is 7.15. The molecule has 8 heteroatoms. The maximum Gasteiger partial charge on any atom is 0.418 e. The summed E-state index contributed by atoms with van der Waals surface area (Å²) < 4.78 is 44.5. The Balaban J connectivity index is 1.75. The lowest BCUT2D eigenvalue weighted by atomic mass is 10.1. The summed E-state index contributed by atoms with van der Waals surface area (Å²) in [4.78, 5) is 26.7. The molecule has 30 heavy (non-hydrogen) atoms. The van der Waals surface area contributed by atoms with Crippen LogP contribution in [0.15, 0.2) is 42.5 Å². The van der Waals surface area contributed by atoms with E-state index in [0.29, 0.717) is 5.56 Å². The number of carbonyl (C=O) groups excluding carboxylic acids is 2. The van der Waals surface area contributed by atoms with Crippen LogP contribution in [0.1, 0.15) is 33.5 Å². The molecule has 0 fully saturated rings. The van der Waals surface area contributed by atoms with Crippen LogP contribution >= 0.6 is 0 Å². The molecule has 1 N–H and O–H groups in total. The summed E-state index contributed by atoms with van der Waals surface area (Å²) in [6, 6.07) is 10.2. The molecule has 0 aromatic heterocycles. The summed E-state index contributed by atoms with van der Waals surface area (Å²) >= 11 is 0. The van der Waals surface area contributed by atoms with Gasteiger partial charge in [0.15, 0.2) is 0 Å². The van der Waals surface area contributed by atoms with Crippen LogP contribution in [0.4, 0.5) is 18.9 Å². The van der Waals surface area contributed by atoms with E-state index >= 15 is 0 Å². The Kier molecular flexibility index (Phi) is 6.77. The number of para-hydroxylation sites is 1. The molecule has 1 aliphatic carbocycles. The minimum Gasteiger partial charge on any atom is -0.383 e. The summed E-state index contributed by atoms with van der Waals surface area (Å²) in [6.07, 6.45) is -1.66. The molecule has 0 saturated carbocycles. The number of aryl methyl sites for hydroxylation is 2. The first kappa shape index (κ1) is 21.8. The number of fused-ring (bicyclic) bond motifs is 1. The number of hydrogen-bond donors (Lipinski definition) is 1. The van der Waals surface area contributed by atoms with Crippen molar-refractivity contribution in [2.24, 2.45) is 0 Å². The zero-order valence-electron chi connectivity index (χ0n) is 16.6. The molecule has 0 unspecified atom stereocenters. The number of ether oxygens (including phenoxy) is 1. The fraction of sp³-hybridized carbons (Fsp3) is 0.364. The van der Waals surface area contributed by atoms with Crippen LogP contribution in [0.3, 0.4) is 0 Å². The number of amides is 2. The summed E-state index contributed by atoms with van der Waals surface area (Å²) in [5.41, 5.74) is 1.52. The highest BCUT2D eigenvalue weighted by molar-refractivity contribution is 5.99. The van der Waals surface area contributed by atoms with Gasteiger partial charge in [0.1, 0.15) is 6.54 Å². The zero-order valence-corrected chi connectivity index (χ0v) is 16.6. The molecule has 0 bridgehead atoms. The molecule has 2 aromatic rings. The number of nitrogens with one attached hydrogen (secondary N) is 1. The first-order valence-corrected chi connectivity index (χ1v) is 9.65. The molecule has 2 aromatic carbocycles. The van der Waals surface area contributed by atoms with Crippen LogP contribution in [-0.2, 0) is 28.5 Å². The molecule has 0 aliphatic heterocycles. The standard InChI is InChI=1S/C22H23F3N2O3/c1-30-12-11-27(21(29)17-10-9-15-5-4-6-16(15)13-17)14-20(28)26-19-8-3-2-7-18(19)22(23,24)25/h2-3,7-10,13H,4-6,11-12,14H2,1H3,(H,26,28). The highest BCUT2D eigenvalue weighted by Gasteiger charge is 2.33. The SMILES string of the molecule is COCCN(CC(=O)Nc1ccccc1C(F)(F)F)C(=O)c1ccc2c(c1)CCC2. The average Bonchev–Trinajstić information content (AvgIpc) is 3.18. The average molecular weight is 420 g/mol. The molecule has 5 nitrogen and oxygen atoms in total. The normalized spacial score (nSPS) is 13.1. The van der Waals surface area contributed by atoms with Gasteiger partial charge < -0.3 is 15.0 Å². The largest absolute Gasteiger partial charge is 0.418 e. The molecule has 0 heterocycles. The molecule has 1 aliphatic rings. The van der Waals surface area contributed by atoms with Crippen molar-refractivity contribution >= 4 is 17.5 Å². The first-order valence-electron chi connectivity index (χ1n) is 9.65. The van der Waals surface area contributed by atoms with Crippen LogP contribution in [0.2, 0.25) is 0 Å². The van der Waals surface area contributed by atoms with Crippen LogP contribution < -0.4 is 5.32 Å². The van der Waals surface area contributed by atoms with Crippen molar-refractivity contribution in [1.29, 1.82) is 0 Å². The van der Waals surface area contributed by atoms with Crippen LogP contribution in [-0.4, -0.2) is 43.5 Å². The Labute approximate surface area is 172 Å². The molecular formula is C22H23F3N2O3. The van der Waals surface area contributed by atoms with Crippen molar-refractivity contribution in [3.8, 4) is 0 Å². The maximum atomic E-state index is 13.2. The van der Waals surface area contributed by atoms with Gasteiger partial charge in [-0.3, -0.25) is 9.59 Å². The Bertz CT molecular complexity index is 928. The van der Waals surface area contributed by atoms with Gasteiger partial charge in [0.05, 0.1) is 17.9 Å². The Morgan fingerprint density at radius 1 is 1.10 bits per heavy atom. The predicted molar refractivity (Wildman–Crippen MR) is 106 cm³/mol. The Hall–Kier alpha value is -2.87. The molecule has 0 spiro atoms. The minimum absolute atomic E-state index is 0.140. The van der Waals surface area contributed by atoms with Crippen molar-refractivity contribution in [3.05, 3.63) is 64.7 Å². The van der Waals surface area contributed by atoms with Gasteiger partial charge in [-0.15, -0.1) is 0 Å². The smallest absolute Gasteiger partial charge is 0.383 e. The third-order valence-corrected chi connectivity index (χ3v) is 5.04. The highest BCUT2D eigenvalue weighted by atomic mass is 19.4. The van der Waals surface area contributed by atoms with Gasteiger partial charge >= 0.3 is 6.18 Å². The van der Waals surface area contributed by atoms with E-state index in [1.165, 1.54) is 35.8 Å². The van der Waals surface area contributed by atoms with Gasteiger partial charge in [0.2, 0.25) is 5.91 Å². The van der Waals surface area contributed by atoms with Crippen LogP contribution in [0, 0.1) is 0 Å². The van der Waals surface area contributed by atoms with Gasteiger partial charge in [-0.05, 0) is 54.7 Å². The van der Waals surface area contributed by atoms with Gasteiger partial charge in [0, 0.05) is 19.2 Å². The number of alkyl halides is 3. The van der Waals surface area contributed by atoms with Crippen molar-refractivity contribution < 1.29 is 27.5 Å². The van der Waals surface area contributed by atoms with E-state index in [-0.39, 0.29) is 31.3 Å². The Morgan fingerprint density at radius 3 is 2.57 bits per heavy atom. The van der Waals surface area contributed by atoms with Crippen molar-refractivity contribution in [3.63, 3.8) is 0 Å². The van der Waals surface area contributed by atoms with E-state index in [9.17, 15) is 22.8 Å². The van der Waals surface area contributed by atoms with Gasteiger partial charge in [0.25, 0.3) is 5.91 Å². The molecule has 3 rings (SSSR count). The van der Waals surface area contributed by atoms with Gasteiger partial charge in [-0.25, -0.2) is 0 Å². The quantitative estimate of drug-likeness (QED) is 0.739. The summed E-state index contributed by atoms with van der Waals surface area (Å²) in [6.45, 7) is -0.0463. The number of halogens is 3. The van der Waals surface area contributed by atoms with E-state index in [1.54, 1.807) is 6.07 Å². The molecule has 0 atom stereocenters. The summed E-state index contributed by atoms with van der Waals surface area (Å²) in [5.74, 6) is -1.07. The van der Waals surface area contributed by atoms with Crippen LogP contribution in [0.25, 0.3) is 0 Å². The van der Waals surface area contributed by atoms with Crippen LogP contribution in [0.5, 0.6) is 0 Å². The summed E-state index contributed by atoms with van der Waals surface area (Å²) in [5, 5.41) is 2.28.